The summed E-state index contributed by atoms with van der Waals surface area (Å²) in [6.07, 6.45) is 6.14. The lowest BCUT2D eigenvalue weighted by Crippen LogP contribution is -2.38. The molecule has 0 spiro atoms. The Bertz CT molecular complexity index is 1750. The molecule has 5 aromatic rings. The van der Waals surface area contributed by atoms with Gasteiger partial charge >= 0.3 is 0 Å². The van der Waals surface area contributed by atoms with Crippen molar-refractivity contribution in [2.45, 2.75) is 31.4 Å². The van der Waals surface area contributed by atoms with E-state index < -0.39 is 10.0 Å². The van der Waals surface area contributed by atoms with Crippen LogP contribution in [0, 0.1) is 6.92 Å². The molecule has 0 atom stereocenters. The predicted molar refractivity (Wildman–Crippen MR) is 152 cm³/mol. The molecule has 6 rings (SSSR count). The molecule has 1 N–H and O–H groups in total. The molecule has 2 aromatic carbocycles. The second-order valence-corrected chi connectivity index (χ2v) is 12.0. The number of rotatable bonds is 7. The van der Waals surface area contributed by atoms with E-state index in [4.69, 9.17) is 5.10 Å². The van der Waals surface area contributed by atoms with E-state index >= 15 is 0 Å². The summed E-state index contributed by atoms with van der Waals surface area (Å²) in [6, 6.07) is 20.8. The highest BCUT2D eigenvalue weighted by Crippen LogP contribution is 2.32. The van der Waals surface area contributed by atoms with Gasteiger partial charge in [0, 0.05) is 37.5 Å². The first kappa shape index (κ1) is 25.9. The maximum Gasteiger partial charge on any atom is 0.262 e. The molecule has 204 valence electrons. The number of anilines is 1. The van der Waals surface area contributed by atoms with E-state index in [1.807, 2.05) is 67.6 Å². The second-order valence-electron chi connectivity index (χ2n) is 10.0. The van der Waals surface area contributed by atoms with E-state index in [1.54, 1.807) is 32.0 Å². The summed E-state index contributed by atoms with van der Waals surface area (Å²) >= 11 is 0. The third-order valence-electron chi connectivity index (χ3n) is 7.23. The van der Waals surface area contributed by atoms with Gasteiger partial charge in [-0.15, -0.1) is 0 Å². The van der Waals surface area contributed by atoms with E-state index in [2.05, 4.69) is 15.4 Å². The highest BCUT2D eigenvalue weighted by molar-refractivity contribution is 7.88. The van der Waals surface area contributed by atoms with Gasteiger partial charge in [0.15, 0.2) is 5.65 Å². The van der Waals surface area contributed by atoms with Crippen molar-refractivity contribution in [3.63, 3.8) is 0 Å². The van der Waals surface area contributed by atoms with Crippen LogP contribution in [0.3, 0.4) is 0 Å². The molecule has 0 saturated carbocycles. The number of hydrogen-bond acceptors (Lipinski definition) is 6. The topological polar surface area (TPSA) is 114 Å². The summed E-state index contributed by atoms with van der Waals surface area (Å²) in [7, 11) is -3.41. The minimum atomic E-state index is -3.41. The molecule has 0 bridgehead atoms. The van der Waals surface area contributed by atoms with Gasteiger partial charge in [0.2, 0.25) is 10.0 Å². The van der Waals surface area contributed by atoms with Gasteiger partial charge in [0.05, 0.1) is 23.3 Å². The Morgan fingerprint density at radius 1 is 1.02 bits per heavy atom. The number of aromatic nitrogens is 5. The average molecular weight is 556 g/mol. The highest BCUT2D eigenvalue weighted by Gasteiger charge is 2.30. The molecule has 3 aromatic heterocycles. The van der Waals surface area contributed by atoms with Crippen LogP contribution in [-0.2, 0) is 15.8 Å². The van der Waals surface area contributed by atoms with Gasteiger partial charge in [-0.05, 0) is 43.5 Å². The maximum absolute atomic E-state index is 13.3. The SMILES string of the molecule is Cc1ccc(-n2nc(C3CCN(S(=O)(=O)Cc4ccccc4)CC3)cc2NC(=O)c2cnn3cccnc23)cc1. The second kappa shape index (κ2) is 10.7. The zero-order valence-corrected chi connectivity index (χ0v) is 22.8. The van der Waals surface area contributed by atoms with E-state index in [-0.39, 0.29) is 17.6 Å². The van der Waals surface area contributed by atoms with E-state index in [1.165, 1.54) is 6.20 Å². The van der Waals surface area contributed by atoms with Crippen molar-refractivity contribution in [1.29, 1.82) is 0 Å². The minimum Gasteiger partial charge on any atom is -0.306 e. The smallest absolute Gasteiger partial charge is 0.262 e. The molecule has 1 aliphatic rings. The average Bonchev–Trinajstić information content (AvgIpc) is 3.59. The zero-order chi connectivity index (χ0) is 27.7. The summed E-state index contributed by atoms with van der Waals surface area (Å²) in [5.41, 5.74) is 4.34. The normalized spacial score (nSPS) is 14.9. The lowest BCUT2D eigenvalue weighted by Gasteiger charge is -2.30. The molecule has 0 radical (unpaired) electrons. The van der Waals surface area contributed by atoms with Crippen LogP contribution < -0.4 is 5.32 Å². The number of benzene rings is 2. The Hall–Kier alpha value is -4.35. The number of piperidine rings is 1. The van der Waals surface area contributed by atoms with Gasteiger partial charge in [-0.1, -0.05) is 48.0 Å². The molecule has 4 heterocycles. The van der Waals surface area contributed by atoms with Gasteiger partial charge in [-0.3, -0.25) is 4.79 Å². The summed E-state index contributed by atoms with van der Waals surface area (Å²) in [6.45, 7) is 2.86. The Morgan fingerprint density at radius 3 is 2.52 bits per heavy atom. The molecule has 40 heavy (non-hydrogen) atoms. The molecule has 10 nitrogen and oxygen atoms in total. The Balaban J connectivity index is 1.23. The number of carbonyl (C=O) groups excluding carboxylic acids is 1. The fourth-order valence-electron chi connectivity index (χ4n) is 5.05. The van der Waals surface area contributed by atoms with Gasteiger partial charge in [-0.2, -0.15) is 10.2 Å². The number of nitrogens with one attached hydrogen (secondary N) is 1. The third kappa shape index (κ3) is 5.25. The molecular weight excluding hydrogens is 526 g/mol. The van der Waals surface area contributed by atoms with Crippen LogP contribution in [0.15, 0.2) is 85.3 Å². The Labute approximate surface area is 232 Å². The quantitative estimate of drug-likeness (QED) is 0.322. The number of amides is 1. The molecule has 0 aliphatic carbocycles. The van der Waals surface area contributed by atoms with Gasteiger partial charge in [0.1, 0.15) is 11.4 Å². The van der Waals surface area contributed by atoms with Crippen molar-refractivity contribution in [2.75, 3.05) is 18.4 Å². The summed E-state index contributed by atoms with van der Waals surface area (Å²) in [5.74, 6) is 0.243. The van der Waals surface area contributed by atoms with Crippen LogP contribution in [0.5, 0.6) is 0 Å². The van der Waals surface area contributed by atoms with E-state index in [0.717, 1.165) is 22.5 Å². The van der Waals surface area contributed by atoms with Crippen LogP contribution in [0.2, 0.25) is 0 Å². The van der Waals surface area contributed by atoms with Crippen LogP contribution in [-0.4, -0.2) is 56.1 Å². The highest BCUT2D eigenvalue weighted by atomic mass is 32.2. The van der Waals surface area contributed by atoms with Crippen molar-refractivity contribution in [2.24, 2.45) is 0 Å². The van der Waals surface area contributed by atoms with Crippen molar-refractivity contribution in [3.8, 4) is 5.69 Å². The molecule has 1 saturated heterocycles. The first-order valence-electron chi connectivity index (χ1n) is 13.2. The van der Waals surface area contributed by atoms with Crippen LogP contribution in [0.4, 0.5) is 5.82 Å². The fourth-order valence-corrected chi connectivity index (χ4v) is 6.61. The molecule has 1 aliphatic heterocycles. The fraction of sp³-hybridized carbons (Fsp3) is 0.241. The number of hydrogen-bond donors (Lipinski definition) is 1. The van der Waals surface area contributed by atoms with E-state index in [9.17, 15) is 13.2 Å². The number of nitrogens with zero attached hydrogens (tertiary/aromatic N) is 6. The van der Waals surface area contributed by atoms with Crippen molar-refractivity contribution in [3.05, 3.63) is 108 Å². The van der Waals surface area contributed by atoms with Gasteiger partial charge < -0.3 is 5.32 Å². The Kier molecular flexibility index (Phi) is 6.91. The van der Waals surface area contributed by atoms with Gasteiger partial charge in [-0.25, -0.2) is 26.9 Å². The standard InChI is InChI=1S/C29H29N7O3S/c1-21-8-10-24(11-9-21)36-27(32-29(37)25-19-31-35-15-5-14-30-28(25)35)18-26(33-36)23-12-16-34(17-13-23)40(38,39)20-22-6-3-2-4-7-22/h2-11,14-15,18-19,23H,12-13,16-17,20H2,1H3,(H,32,37). The lowest BCUT2D eigenvalue weighted by atomic mass is 9.95. The largest absolute Gasteiger partial charge is 0.306 e. The third-order valence-corrected chi connectivity index (χ3v) is 9.08. The molecular formula is C29H29N7O3S. The van der Waals surface area contributed by atoms with Crippen molar-refractivity contribution < 1.29 is 13.2 Å². The number of fused-ring (bicyclic) bond motifs is 1. The Morgan fingerprint density at radius 2 is 1.77 bits per heavy atom. The van der Waals surface area contributed by atoms with Crippen molar-refractivity contribution >= 4 is 27.4 Å². The lowest BCUT2D eigenvalue weighted by molar-refractivity contribution is 0.102. The summed E-state index contributed by atoms with van der Waals surface area (Å²) in [5, 5.41) is 12.1. The first-order valence-corrected chi connectivity index (χ1v) is 14.8. The predicted octanol–water partition coefficient (Wildman–Crippen LogP) is 4.19. The number of sulfonamides is 1. The molecule has 1 fully saturated rings. The van der Waals surface area contributed by atoms with Gasteiger partial charge in [0.25, 0.3) is 5.91 Å². The van der Waals surface area contributed by atoms with Crippen LogP contribution in [0.1, 0.15) is 45.9 Å². The molecule has 11 heteroatoms. The number of carbonyl (C=O) groups is 1. The minimum absolute atomic E-state index is 0.00482. The monoisotopic (exact) mass is 555 g/mol. The zero-order valence-electron chi connectivity index (χ0n) is 22.0. The van der Waals surface area contributed by atoms with Crippen molar-refractivity contribution in [1.82, 2.24) is 28.7 Å². The van der Waals surface area contributed by atoms with Crippen LogP contribution >= 0.6 is 0 Å². The van der Waals surface area contributed by atoms with E-state index in [0.29, 0.717) is 43.0 Å². The first-order chi connectivity index (χ1) is 19.4. The molecule has 0 unspecified atom stereocenters. The molecule has 1 amide bonds. The van der Waals surface area contributed by atoms with Crippen LogP contribution in [0.25, 0.3) is 11.3 Å². The number of aryl methyl sites for hydroxylation is 1. The summed E-state index contributed by atoms with van der Waals surface area (Å²) in [4.78, 5) is 17.6. The maximum atomic E-state index is 13.3. The summed E-state index contributed by atoms with van der Waals surface area (Å²) < 4.78 is 30.9.